The van der Waals surface area contributed by atoms with Crippen molar-refractivity contribution in [3.8, 4) is 0 Å². The Bertz CT molecular complexity index is 696. The molecular weight excluding hydrogens is 262 g/mol. The van der Waals surface area contributed by atoms with Crippen molar-refractivity contribution in [1.29, 1.82) is 0 Å². The predicted octanol–water partition coefficient (Wildman–Crippen LogP) is -1.01. The van der Waals surface area contributed by atoms with Gasteiger partial charge in [0.05, 0.1) is 6.20 Å². The second-order valence-electron chi connectivity index (χ2n) is 3.32. The number of aromatic nitrogens is 4. The zero-order valence-corrected chi connectivity index (χ0v) is 9.72. The first-order chi connectivity index (χ1) is 8.81. The fourth-order valence-corrected chi connectivity index (χ4v) is 0.919. The van der Waals surface area contributed by atoms with Gasteiger partial charge in [-0.3, -0.25) is 9.55 Å². The summed E-state index contributed by atoms with van der Waals surface area (Å²) in [6, 6.07) is 0. The highest BCUT2D eigenvalue weighted by Gasteiger charge is 2.00. The molecule has 10 heteroatoms. The largest absolute Gasteiger partial charge is 0.383 e. The summed E-state index contributed by atoms with van der Waals surface area (Å²) in [7, 11) is 1.40. The average Bonchev–Trinajstić information content (AvgIpc) is 2.33. The third-order valence-electron chi connectivity index (χ3n) is 1.86. The molecule has 0 fully saturated rings. The molecule has 102 valence electrons. The van der Waals surface area contributed by atoms with E-state index in [1.807, 2.05) is 4.98 Å². The number of hydrogen-bond donors (Lipinski definition) is 3. The lowest BCUT2D eigenvalue weighted by Gasteiger charge is -1.96. The Hall–Kier alpha value is -2.78. The Balaban J connectivity index is 0.000000191. The molecule has 0 aliphatic heterocycles. The molecule has 0 saturated carbocycles. The molecule has 0 atom stereocenters. The molecule has 0 bridgehead atoms. The van der Waals surface area contributed by atoms with Gasteiger partial charge in [0.15, 0.2) is 17.5 Å². The summed E-state index contributed by atoms with van der Waals surface area (Å²) in [5.41, 5.74) is 8.74. The summed E-state index contributed by atoms with van der Waals surface area (Å²) < 4.78 is 25.6. The van der Waals surface area contributed by atoms with Crippen molar-refractivity contribution in [2.24, 2.45) is 7.05 Å². The monoisotopic (exact) mass is 272 g/mol. The van der Waals surface area contributed by atoms with E-state index in [2.05, 4.69) is 9.97 Å². The van der Waals surface area contributed by atoms with Crippen LogP contribution in [0.2, 0.25) is 0 Å². The van der Waals surface area contributed by atoms with E-state index in [4.69, 9.17) is 11.5 Å². The minimum Gasteiger partial charge on any atom is -0.383 e. The summed E-state index contributed by atoms with van der Waals surface area (Å²) >= 11 is 0. The van der Waals surface area contributed by atoms with Gasteiger partial charge in [-0.2, -0.15) is 9.97 Å². The molecule has 0 aliphatic carbocycles. The van der Waals surface area contributed by atoms with Crippen LogP contribution in [0.1, 0.15) is 0 Å². The Morgan fingerprint density at radius 2 is 1.89 bits per heavy atom. The second-order valence-corrected chi connectivity index (χ2v) is 3.32. The highest BCUT2D eigenvalue weighted by Crippen LogP contribution is 1.98. The van der Waals surface area contributed by atoms with Crippen molar-refractivity contribution in [1.82, 2.24) is 19.5 Å². The Labute approximate surface area is 104 Å². The summed E-state index contributed by atoms with van der Waals surface area (Å²) in [5, 5.41) is 0. The molecule has 2 heterocycles. The smallest absolute Gasteiger partial charge is 0.349 e. The van der Waals surface area contributed by atoms with Crippen molar-refractivity contribution in [3.63, 3.8) is 0 Å². The van der Waals surface area contributed by atoms with Crippen LogP contribution in [0.4, 0.5) is 20.4 Å². The van der Waals surface area contributed by atoms with E-state index in [-0.39, 0.29) is 11.6 Å². The van der Waals surface area contributed by atoms with Crippen molar-refractivity contribution in [2.75, 3.05) is 11.5 Å². The molecule has 0 saturated heterocycles. The summed E-state index contributed by atoms with van der Waals surface area (Å²) in [4.78, 5) is 29.1. The standard InChI is InChI=1S/C5H6FN3O.C4H4FN3O/c1-9-2-3(6)4(7)8-5(9)10;5-2-1-7-4(9)8-3(2)6/h2H,1H3,(H2,7,8,10);1H,(H3,6,7,8,9). The first-order valence-electron chi connectivity index (χ1n) is 4.80. The van der Waals surface area contributed by atoms with Crippen LogP contribution in [-0.2, 0) is 7.05 Å². The van der Waals surface area contributed by atoms with Crippen molar-refractivity contribution < 1.29 is 8.78 Å². The molecule has 19 heavy (non-hydrogen) atoms. The number of aryl methyl sites for hydroxylation is 1. The van der Waals surface area contributed by atoms with E-state index in [1.165, 1.54) is 7.05 Å². The summed E-state index contributed by atoms with van der Waals surface area (Å²) in [5.74, 6) is -2.03. The normalized spacial score (nSPS) is 9.63. The Morgan fingerprint density at radius 1 is 1.26 bits per heavy atom. The van der Waals surface area contributed by atoms with Crippen LogP contribution < -0.4 is 22.8 Å². The average molecular weight is 272 g/mol. The lowest BCUT2D eigenvalue weighted by Crippen LogP contribution is -2.21. The van der Waals surface area contributed by atoms with Gasteiger partial charge < -0.3 is 11.5 Å². The number of rotatable bonds is 0. The van der Waals surface area contributed by atoms with Crippen LogP contribution in [0.3, 0.4) is 0 Å². The van der Waals surface area contributed by atoms with Crippen molar-refractivity contribution in [2.45, 2.75) is 0 Å². The molecule has 0 spiro atoms. The molecule has 0 aliphatic rings. The quantitative estimate of drug-likeness (QED) is 0.563. The molecule has 0 aromatic carbocycles. The zero-order chi connectivity index (χ0) is 14.6. The van der Waals surface area contributed by atoms with E-state index in [0.29, 0.717) is 0 Å². The van der Waals surface area contributed by atoms with Gasteiger partial charge in [-0.1, -0.05) is 0 Å². The van der Waals surface area contributed by atoms with Gasteiger partial charge >= 0.3 is 11.4 Å². The lowest BCUT2D eigenvalue weighted by molar-refractivity contribution is 0.597. The van der Waals surface area contributed by atoms with E-state index in [0.717, 1.165) is 17.0 Å². The Kier molecular flexibility index (Phi) is 4.29. The van der Waals surface area contributed by atoms with E-state index >= 15 is 0 Å². The highest BCUT2D eigenvalue weighted by atomic mass is 19.1. The van der Waals surface area contributed by atoms with Crippen molar-refractivity contribution >= 4 is 11.6 Å². The fourth-order valence-electron chi connectivity index (χ4n) is 0.919. The first kappa shape index (κ1) is 14.3. The van der Waals surface area contributed by atoms with Crippen LogP contribution in [-0.4, -0.2) is 19.5 Å². The van der Waals surface area contributed by atoms with Gasteiger partial charge in [-0.15, -0.1) is 0 Å². The maximum absolute atomic E-state index is 12.4. The van der Waals surface area contributed by atoms with E-state index in [1.54, 1.807) is 0 Å². The first-order valence-corrected chi connectivity index (χ1v) is 4.80. The molecule has 0 amide bonds. The molecule has 5 N–H and O–H groups in total. The molecule has 0 unspecified atom stereocenters. The number of nitrogens with two attached hydrogens (primary N) is 2. The summed E-state index contributed by atoms with van der Waals surface area (Å²) in [6.07, 6.45) is 1.76. The molecule has 2 aromatic heterocycles. The number of hydrogen-bond acceptors (Lipinski definition) is 6. The van der Waals surface area contributed by atoms with Gasteiger partial charge in [0.25, 0.3) is 0 Å². The van der Waals surface area contributed by atoms with Crippen LogP contribution in [0.5, 0.6) is 0 Å². The number of halogens is 2. The minimum atomic E-state index is -0.713. The maximum Gasteiger partial charge on any atom is 0.349 e. The van der Waals surface area contributed by atoms with E-state index < -0.39 is 23.0 Å². The molecule has 2 aromatic rings. The lowest BCUT2D eigenvalue weighted by atomic mass is 10.5. The number of nitrogen functional groups attached to an aromatic ring is 2. The fraction of sp³-hybridized carbons (Fsp3) is 0.111. The van der Waals surface area contributed by atoms with E-state index in [9.17, 15) is 18.4 Å². The zero-order valence-electron chi connectivity index (χ0n) is 9.72. The third-order valence-corrected chi connectivity index (χ3v) is 1.86. The highest BCUT2D eigenvalue weighted by molar-refractivity contribution is 5.26. The number of H-pyrrole nitrogens is 1. The summed E-state index contributed by atoms with van der Waals surface area (Å²) in [6.45, 7) is 0. The van der Waals surface area contributed by atoms with Gasteiger partial charge in [-0.05, 0) is 0 Å². The molecule has 0 radical (unpaired) electrons. The van der Waals surface area contributed by atoms with Gasteiger partial charge in [0.1, 0.15) is 5.82 Å². The number of anilines is 2. The molecule has 2 rings (SSSR count). The van der Waals surface area contributed by atoms with Crippen LogP contribution in [0.25, 0.3) is 0 Å². The van der Waals surface area contributed by atoms with Gasteiger partial charge in [-0.25, -0.2) is 18.4 Å². The number of nitrogens with one attached hydrogen (secondary N) is 1. The number of nitrogens with zero attached hydrogens (tertiary/aromatic N) is 3. The maximum atomic E-state index is 12.4. The predicted molar refractivity (Wildman–Crippen MR) is 63.1 cm³/mol. The van der Waals surface area contributed by atoms with Gasteiger partial charge in [0, 0.05) is 13.2 Å². The Morgan fingerprint density at radius 3 is 2.37 bits per heavy atom. The SMILES string of the molecule is Cn1cc(F)c(N)nc1=O.Nc1[nH]c(=O)ncc1F. The second kappa shape index (κ2) is 5.71. The van der Waals surface area contributed by atoms with Crippen LogP contribution >= 0.6 is 0 Å². The van der Waals surface area contributed by atoms with Crippen molar-refractivity contribution in [3.05, 3.63) is 45.0 Å². The minimum absolute atomic E-state index is 0.282. The molecule has 8 nitrogen and oxygen atoms in total. The van der Waals surface area contributed by atoms with Crippen LogP contribution in [0, 0.1) is 11.6 Å². The van der Waals surface area contributed by atoms with Gasteiger partial charge in [0.2, 0.25) is 0 Å². The number of aromatic amines is 1. The third kappa shape index (κ3) is 3.87. The molecular formula is C9H10F2N6O2. The topological polar surface area (TPSA) is 133 Å². The van der Waals surface area contributed by atoms with Crippen LogP contribution in [0.15, 0.2) is 22.0 Å².